The topological polar surface area (TPSA) is 46.6 Å². The Morgan fingerprint density at radius 3 is 0.875 bits per heavy atom. The van der Waals surface area contributed by atoms with E-state index in [-0.39, 0.29) is 24.2 Å². The molecule has 0 aliphatic rings. The number of amides is 1. The van der Waals surface area contributed by atoms with Crippen LogP contribution in [0.15, 0.2) is 12.2 Å². The van der Waals surface area contributed by atoms with E-state index in [1.165, 1.54) is 315 Å². The molecule has 0 heterocycles. The average Bonchev–Trinajstić information content (AvgIpc) is 3.38. The summed E-state index contributed by atoms with van der Waals surface area (Å²) in [7, 11) is 0. The largest absolute Gasteiger partial charge is 0.466 e. The molecule has 0 aromatic heterocycles. The normalized spacial score (nSPS) is 12.1. The Hall–Kier alpha value is -1.32. The van der Waals surface area contributed by atoms with Crippen molar-refractivity contribution >= 4 is 11.9 Å². The maximum atomic E-state index is 14.2. The van der Waals surface area contributed by atoms with Gasteiger partial charge in [-0.15, -0.1) is 0 Å². The zero-order valence-electron chi connectivity index (χ0n) is 50.1. The maximum absolute atomic E-state index is 14.2. The molecule has 4 heteroatoms. The highest BCUT2D eigenvalue weighted by Crippen LogP contribution is 2.22. The number of esters is 1. The minimum atomic E-state index is -0.228. The van der Waals surface area contributed by atoms with Crippen molar-refractivity contribution in [3.63, 3.8) is 0 Å². The van der Waals surface area contributed by atoms with Crippen molar-refractivity contribution in [1.82, 2.24) is 4.90 Å². The molecule has 1 amide bonds. The van der Waals surface area contributed by atoms with Crippen LogP contribution in [-0.2, 0) is 14.3 Å². The fourth-order valence-electron chi connectivity index (χ4n) is 10.9. The molecule has 4 nitrogen and oxygen atoms in total. The van der Waals surface area contributed by atoms with Crippen molar-refractivity contribution in [3.8, 4) is 0 Å². The second-order valence-electron chi connectivity index (χ2n) is 23.3. The SMILES string of the molecule is CCCCCCCCCCCCC/C=C/CCCCCCCCCCCCCCCCCCCCCCCCCC(CC(=O)OCCCCCCCC)C(=O)N(CCCCCCCC)CCCCCCCC. The number of ether oxygens (including phenoxy) is 1. The van der Waals surface area contributed by atoms with Crippen LogP contribution in [0.5, 0.6) is 0 Å². The average molecular weight is 1010 g/mol. The highest BCUT2D eigenvalue weighted by Gasteiger charge is 2.27. The van der Waals surface area contributed by atoms with Gasteiger partial charge in [-0.05, 0) is 51.4 Å². The molecule has 0 bridgehead atoms. The third-order valence-corrected chi connectivity index (χ3v) is 16.0. The van der Waals surface area contributed by atoms with Gasteiger partial charge in [-0.25, -0.2) is 0 Å². The smallest absolute Gasteiger partial charge is 0.306 e. The lowest BCUT2D eigenvalue weighted by Crippen LogP contribution is -2.38. The quantitative estimate of drug-likeness (QED) is 0.0346. The van der Waals surface area contributed by atoms with Crippen molar-refractivity contribution < 1.29 is 14.3 Å². The van der Waals surface area contributed by atoms with Gasteiger partial charge in [0.2, 0.25) is 5.91 Å². The van der Waals surface area contributed by atoms with Crippen LogP contribution in [0.1, 0.15) is 387 Å². The first-order valence-corrected chi connectivity index (χ1v) is 33.7. The van der Waals surface area contributed by atoms with Gasteiger partial charge in [0.25, 0.3) is 0 Å². The van der Waals surface area contributed by atoms with E-state index < -0.39 is 0 Å². The summed E-state index contributed by atoms with van der Waals surface area (Å²) in [4.78, 5) is 29.5. The highest BCUT2D eigenvalue weighted by atomic mass is 16.5. The Morgan fingerprint density at radius 2 is 0.569 bits per heavy atom. The second-order valence-corrected chi connectivity index (χ2v) is 23.3. The molecule has 0 aromatic rings. The van der Waals surface area contributed by atoms with Crippen LogP contribution in [0.25, 0.3) is 0 Å². The molecule has 0 N–H and O–H groups in total. The number of carbonyl (C=O) groups excluding carboxylic acids is 2. The minimum Gasteiger partial charge on any atom is -0.466 e. The van der Waals surface area contributed by atoms with E-state index in [9.17, 15) is 9.59 Å². The van der Waals surface area contributed by atoms with E-state index in [2.05, 4.69) is 44.7 Å². The Bertz CT molecular complexity index is 1060. The molecular formula is C68H133NO3. The molecule has 428 valence electrons. The van der Waals surface area contributed by atoms with Crippen LogP contribution in [0.3, 0.4) is 0 Å². The van der Waals surface area contributed by atoms with Crippen LogP contribution in [-0.4, -0.2) is 36.5 Å². The third-order valence-electron chi connectivity index (χ3n) is 16.0. The lowest BCUT2D eigenvalue weighted by molar-refractivity contribution is -0.149. The number of allylic oxidation sites excluding steroid dienone is 2. The van der Waals surface area contributed by atoms with Crippen LogP contribution >= 0.6 is 0 Å². The van der Waals surface area contributed by atoms with Crippen LogP contribution in [0, 0.1) is 5.92 Å². The monoisotopic (exact) mass is 1010 g/mol. The zero-order chi connectivity index (χ0) is 52.2. The highest BCUT2D eigenvalue weighted by molar-refractivity contribution is 5.83. The molecule has 0 aliphatic heterocycles. The maximum Gasteiger partial charge on any atom is 0.306 e. The van der Waals surface area contributed by atoms with Crippen LogP contribution in [0.4, 0.5) is 0 Å². The van der Waals surface area contributed by atoms with Crippen molar-refractivity contribution in [2.75, 3.05) is 19.7 Å². The van der Waals surface area contributed by atoms with E-state index in [1.54, 1.807) is 0 Å². The van der Waals surface area contributed by atoms with E-state index in [1.807, 2.05) is 0 Å². The van der Waals surface area contributed by atoms with E-state index in [0.717, 1.165) is 51.6 Å². The first kappa shape index (κ1) is 70.7. The van der Waals surface area contributed by atoms with Gasteiger partial charge in [-0.3, -0.25) is 9.59 Å². The van der Waals surface area contributed by atoms with Gasteiger partial charge in [0.15, 0.2) is 0 Å². The predicted octanol–water partition coefficient (Wildman–Crippen LogP) is 23.5. The predicted molar refractivity (Wildman–Crippen MR) is 321 cm³/mol. The molecule has 0 saturated heterocycles. The molecule has 0 spiro atoms. The number of unbranched alkanes of at least 4 members (excludes halogenated alkanes) is 49. The summed E-state index contributed by atoms with van der Waals surface area (Å²) in [6.07, 6.45) is 78.3. The van der Waals surface area contributed by atoms with Gasteiger partial charge in [0.05, 0.1) is 13.0 Å². The first-order chi connectivity index (χ1) is 35.6. The molecule has 0 aromatic carbocycles. The van der Waals surface area contributed by atoms with E-state index in [0.29, 0.717) is 6.61 Å². The number of rotatable bonds is 62. The van der Waals surface area contributed by atoms with Crippen LogP contribution in [0.2, 0.25) is 0 Å². The van der Waals surface area contributed by atoms with Crippen LogP contribution < -0.4 is 0 Å². The van der Waals surface area contributed by atoms with E-state index in [4.69, 9.17) is 4.74 Å². The van der Waals surface area contributed by atoms with Gasteiger partial charge in [-0.1, -0.05) is 342 Å². The van der Waals surface area contributed by atoms with Gasteiger partial charge >= 0.3 is 5.97 Å². The standard InChI is InChI=1S/C68H133NO3/c1-5-9-13-17-21-22-23-24-25-26-27-28-29-30-31-32-33-34-35-36-37-38-39-40-41-42-43-44-45-46-47-48-49-50-51-52-53-57-61-66(65-67(70)72-64-60-56-20-16-12-8-4)68(71)69(62-58-54-18-14-10-6-2)63-59-55-19-15-11-7-3/h29-30,66H,5-28,31-65H2,1-4H3/b30-29+. The Morgan fingerprint density at radius 1 is 0.319 bits per heavy atom. The second kappa shape index (κ2) is 62.2. The fourth-order valence-corrected chi connectivity index (χ4v) is 10.9. The fraction of sp³-hybridized carbons (Fsp3) is 0.941. The van der Waals surface area contributed by atoms with Crippen molar-refractivity contribution in [3.05, 3.63) is 12.2 Å². The number of nitrogens with zero attached hydrogens (tertiary/aromatic N) is 1. The summed E-state index contributed by atoms with van der Waals surface area (Å²) >= 11 is 0. The molecule has 0 radical (unpaired) electrons. The molecule has 1 atom stereocenters. The molecule has 72 heavy (non-hydrogen) atoms. The Balaban J connectivity index is 4.04. The summed E-state index contributed by atoms with van der Waals surface area (Å²) in [5.74, 6) is -0.154. The molecular weight excluding hydrogens is 879 g/mol. The van der Waals surface area contributed by atoms with Crippen molar-refractivity contribution in [1.29, 1.82) is 0 Å². The summed E-state index contributed by atoms with van der Waals surface area (Å²) in [6, 6.07) is 0. The van der Waals surface area contributed by atoms with Crippen molar-refractivity contribution in [2.45, 2.75) is 387 Å². The molecule has 0 rings (SSSR count). The minimum absolute atomic E-state index is 0.156. The molecule has 0 fully saturated rings. The Kier molecular flexibility index (Phi) is 61.1. The third kappa shape index (κ3) is 54.9. The number of carbonyl (C=O) groups is 2. The molecule has 0 aliphatic carbocycles. The van der Waals surface area contributed by atoms with Crippen molar-refractivity contribution in [2.24, 2.45) is 5.92 Å². The number of hydrogen-bond acceptors (Lipinski definition) is 3. The van der Waals surface area contributed by atoms with E-state index >= 15 is 0 Å². The summed E-state index contributed by atoms with van der Waals surface area (Å²) in [5, 5.41) is 0. The summed E-state index contributed by atoms with van der Waals surface area (Å²) < 4.78 is 5.75. The lowest BCUT2D eigenvalue weighted by atomic mass is 9.95. The zero-order valence-corrected chi connectivity index (χ0v) is 50.1. The number of hydrogen-bond donors (Lipinski definition) is 0. The lowest BCUT2D eigenvalue weighted by Gasteiger charge is -2.27. The first-order valence-electron chi connectivity index (χ1n) is 33.7. The summed E-state index contributed by atoms with van der Waals surface area (Å²) in [6.45, 7) is 11.3. The van der Waals surface area contributed by atoms with Gasteiger partial charge < -0.3 is 9.64 Å². The molecule has 0 saturated carbocycles. The van der Waals surface area contributed by atoms with Gasteiger partial charge in [-0.2, -0.15) is 0 Å². The Labute approximate surface area is 454 Å². The van der Waals surface area contributed by atoms with Gasteiger partial charge in [0.1, 0.15) is 0 Å². The summed E-state index contributed by atoms with van der Waals surface area (Å²) in [5.41, 5.74) is 0. The molecule has 1 unspecified atom stereocenters. The van der Waals surface area contributed by atoms with Gasteiger partial charge in [0, 0.05) is 19.0 Å².